The van der Waals surface area contributed by atoms with Crippen molar-refractivity contribution in [2.24, 2.45) is 11.0 Å². The third-order valence-electron chi connectivity index (χ3n) is 4.56. The molecule has 2 aliphatic rings. The molecule has 2 aliphatic heterocycles. The van der Waals surface area contributed by atoms with Gasteiger partial charge >= 0.3 is 0 Å². The summed E-state index contributed by atoms with van der Waals surface area (Å²) in [4.78, 5) is 18.2. The van der Waals surface area contributed by atoms with Crippen molar-refractivity contribution in [1.29, 1.82) is 0 Å². The quantitative estimate of drug-likeness (QED) is 0.925. The highest BCUT2D eigenvalue weighted by Crippen LogP contribution is 2.26. The zero-order valence-corrected chi connectivity index (χ0v) is 13.2. The molecule has 0 aliphatic carbocycles. The van der Waals surface area contributed by atoms with Crippen molar-refractivity contribution in [2.45, 2.75) is 32.6 Å². The minimum absolute atomic E-state index is 0.0330. The van der Waals surface area contributed by atoms with E-state index in [9.17, 15) is 4.79 Å². The van der Waals surface area contributed by atoms with Gasteiger partial charge in [-0.1, -0.05) is 13.0 Å². The Balaban J connectivity index is 1.66. The molecule has 1 aromatic heterocycles. The van der Waals surface area contributed by atoms with Gasteiger partial charge in [0.25, 0.3) is 6.01 Å². The van der Waals surface area contributed by atoms with Crippen molar-refractivity contribution in [3.63, 3.8) is 0 Å². The van der Waals surface area contributed by atoms with Crippen molar-refractivity contribution < 1.29 is 9.21 Å². The minimum atomic E-state index is -0.0330. The van der Waals surface area contributed by atoms with Gasteiger partial charge in [0.15, 0.2) is 5.58 Å². The van der Waals surface area contributed by atoms with Crippen LogP contribution in [0.2, 0.25) is 0 Å². The van der Waals surface area contributed by atoms with Crippen molar-refractivity contribution in [3.05, 3.63) is 23.8 Å². The lowest BCUT2D eigenvalue weighted by atomic mass is 9.94. The number of anilines is 1. The molecule has 23 heavy (non-hydrogen) atoms. The van der Waals surface area contributed by atoms with Crippen LogP contribution in [0.15, 0.2) is 27.7 Å². The van der Waals surface area contributed by atoms with E-state index in [1.54, 1.807) is 0 Å². The summed E-state index contributed by atoms with van der Waals surface area (Å²) in [6, 6.07) is 6.65. The average molecular weight is 312 g/mol. The Labute approximate surface area is 134 Å². The lowest BCUT2D eigenvalue weighted by Crippen LogP contribution is -2.31. The molecule has 0 saturated carbocycles. The molecule has 0 spiro atoms. The first-order valence-corrected chi connectivity index (χ1v) is 8.23. The molecule has 120 valence electrons. The molecule has 1 N–H and O–H groups in total. The fraction of sp³-hybridized carbons (Fsp3) is 0.471. The largest absolute Gasteiger partial charge is 0.423 e. The van der Waals surface area contributed by atoms with Crippen LogP contribution in [0, 0.1) is 5.92 Å². The molecule has 6 nitrogen and oxygen atoms in total. The molecular weight excluding hydrogens is 292 g/mol. The van der Waals surface area contributed by atoms with E-state index in [1.807, 2.05) is 25.1 Å². The summed E-state index contributed by atoms with van der Waals surface area (Å²) >= 11 is 0. The van der Waals surface area contributed by atoms with E-state index >= 15 is 0 Å². The maximum atomic E-state index is 11.4. The number of nitrogens with zero attached hydrogens (tertiary/aromatic N) is 3. The van der Waals surface area contributed by atoms with Crippen LogP contribution in [0.4, 0.5) is 6.01 Å². The summed E-state index contributed by atoms with van der Waals surface area (Å²) in [5.74, 6) is 0.0695. The van der Waals surface area contributed by atoms with Gasteiger partial charge in [-0.05, 0) is 31.4 Å². The third-order valence-corrected chi connectivity index (χ3v) is 4.56. The average Bonchev–Trinajstić information content (AvgIpc) is 2.99. The summed E-state index contributed by atoms with van der Waals surface area (Å²) in [5, 5.41) is 4.21. The molecule has 3 heterocycles. The standard InChI is InChI=1S/C17H20N4O2/c1-11-9-15(22)19-20-16(11)12-5-6-13-14(10-12)23-17(18-13)21-7-3-2-4-8-21/h5-6,10-11H,2-4,7-9H2,1H3,(H,19,22). The molecular formula is C17H20N4O2. The van der Waals surface area contributed by atoms with Gasteiger partial charge in [-0.2, -0.15) is 10.1 Å². The second-order valence-corrected chi connectivity index (χ2v) is 6.36. The summed E-state index contributed by atoms with van der Waals surface area (Å²) in [6.45, 7) is 4.03. The SMILES string of the molecule is CC1CC(=O)NN=C1c1ccc2nc(N3CCCCC3)oc2c1. The van der Waals surface area contributed by atoms with Crippen LogP contribution in [-0.2, 0) is 4.79 Å². The second-order valence-electron chi connectivity index (χ2n) is 6.36. The van der Waals surface area contributed by atoms with E-state index < -0.39 is 0 Å². The fourth-order valence-electron chi connectivity index (χ4n) is 3.29. The van der Waals surface area contributed by atoms with Crippen molar-refractivity contribution in [3.8, 4) is 0 Å². The Morgan fingerprint density at radius 1 is 1.26 bits per heavy atom. The zero-order valence-electron chi connectivity index (χ0n) is 13.2. The molecule has 1 amide bonds. The number of hydrogen-bond donors (Lipinski definition) is 1. The first-order chi connectivity index (χ1) is 11.2. The summed E-state index contributed by atoms with van der Waals surface area (Å²) in [5.41, 5.74) is 6.07. The van der Waals surface area contributed by atoms with E-state index in [4.69, 9.17) is 4.42 Å². The number of aromatic nitrogens is 1. The Morgan fingerprint density at radius 3 is 2.87 bits per heavy atom. The Hall–Kier alpha value is -2.37. The van der Waals surface area contributed by atoms with E-state index in [1.165, 1.54) is 19.3 Å². The van der Waals surface area contributed by atoms with E-state index in [0.717, 1.165) is 35.5 Å². The van der Waals surface area contributed by atoms with Gasteiger partial charge in [0.2, 0.25) is 5.91 Å². The number of carbonyl (C=O) groups excluding carboxylic acids is 1. The number of oxazole rings is 1. The van der Waals surface area contributed by atoms with Gasteiger partial charge in [-0.25, -0.2) is 5.43 Å². The van der Waals surface area contributed by atoms with Crippen LogP contribution in [-0.4, -0.2) is 29.7 Å². The highest BCUT2D eigenvalue weighted by Gasteiger charge is 2.23. The van der Waals surface area contributed by atoms with Crippen LogP contribution in [0.3, 0.4) is 0 Å². The number of nitrogens with one attached hydrogen (secondary N) is 1. The van der Waals surface area contributed by atoms with Gasteiger partial charge in [0.05, 0.1) is 5.71 Å². The van der Waals surface area contributed by atoms with Crippen LogP contribution in [0.1, 0.15) is 38.2 Å². The van der Waals surface area contributed by atoms with E-state index in [-0.39, 0.29) is 11.8 Å². The van der Waals surface area contributed by atoms with Gasteiger partial charge in [-0.15, -0.1) is 0 Å². The van der Waals surface area contributed by atoms with Crippen LogP contribution in [0.25, 0.3) is 11.1 Å². The zero-order chi connectivity index (χ0) is 15.8. The molecule has 1 aromatic carbocycles. The number of rotatable bonds is 2. The molecule has 1 saturated heterocycles. The summed E-state index contributed by atoms with van der Waals surface area (Å²) in [6.07, 6.45) is 4.13. The summed E-state index contributed by atoms with van der Waals surface area (Å²) < 4.78 is 5.97. The Morgan fingerprint density at radius 2 is 2.09 bits per heavy atom. The lowest BCUT2D eigenvalue weighted by molar-refractivity contribution is -0.121. The molecule has 1 fully saturated rings. The third kappa shape index (κ3) is 2.69. The number of hydrogen-bond acceptors (Lipinski definition) is 5. The Kier molecular flexibility index (Phi) is 3.52. The van der Waals surface area contributed by atoms with Crippen LogP contribution in [0.5, 0.6) is 0 Å². The van der Waals surface area contributed by atoms with Crippen molar-refractivity contribution in [1.82, 2.24) is 10.4 Å². The highest BCUT2D eigenvalue weighted by atomic mass is 16.4. The monoisotopic (exact) mass is 312 g/mol. The van der Waals surface area contributed by atoms with Gasteiger partial charge < -0.3 is 9.32 Å². The van der Waals surface area contributed by atoms with E-state index in [2.05, 4.69) is 20.4 Å². The topological polar surface area (TPSA) is 70.7 Å². The number of fused-ring (bicyclic) bond motifs is 1. The number of hydrazone groups is 1. The number of benzene rings is 1. The van der Waals surface area contributed by atoms with Gasteiger partial charge in [0, 0.05) is 31.0 Å². The molecule has 0 radical (unpaired) electrons. The molecule has 4 rings (SSSR count). The normalized spacial score (nSPS) is 22.1. The predicted molar refractivity (Wildman–Crippen MR) is 88.5 cm³/mol. The fourth-order valence-corrected chi connectivity index (χ4v) is 3.29. The summed E-state index contributed by atoms with van der Waals surface area (Å²) in [7, 11) is 0. The molecule has 2 aromatic rings. The molecule has 0 bridgehead atoms. The number of carbonyl (C=O) groups is 1. The van der Waals surface area contributed by atoms with Gasteiger partial charge in [0.1, 0.15) is 5.52 Å². The van der Waals surface area contributed by atoms with Gasteiger partial charge in [-0.3, -0.25) is 4.79 Å². The number of amides is 1. The first-order valence-electron chi connectivity index (χ1n) is 8.23. The maximum Gasteiger partial charge on any atom is 0.298 e. The minimum Gasteiger partial charge on any atom is -0.423 e. The highest BCUT2D eigenvalue weighted by molar-refractivity contribution is 6.07. The maximum absolute atomic E-state index is 11.4. The molecule has 1 unspecified atom stereocenters. The van der Waals surface area contributed by atoms with E-state index in [0.29, 0.717) is 12.4 Å². The first kappa shape index (κ1) is 14.2. The second kappa shape index (κ2) is 5.68. The Bertz CT molecular complexity index is 774. The number of piperidine rings is 1. The van der Waals surface area contributed by atoms with Crippen molar-refractivity contribution >= 4 is 28.7 Å². The lowest BCUT2D eigenvalue weighted by Gasteiger charge is -2.24. The molecule has 1 atom stereocenters. The van der Waals surface area contributed by atoms with Crippen LogP contribution >= 0.6 is 0 Å². The molecule has 6 heteroatoms. The van der Waals surface area contributed by atoms with Crippen molar-refractivity contribution in [2.75, 3.05) is 18.0 Å². The van der Waals surface area contributed by atoms with Crippen LogP contribution < -0.4 is 10.3 Å². The smallest absolute Gasteiger partial charge is 0.298 e. The predicted octanol–water partition coefficient (Wildman–Crippen LogP) is 2.68.